The van der Waals surface area contributed by atoms with Crippen molar-refractivity contribution in [2.24, 2.45) is 0 Å². The van der Waals surface area contributed by atoms with Gasteiger partial charge < -0.3 is 9.67 Å². The van der Waals surface area contributed by atoms with Crippen molar-refractivity contribution in [3.05, 3.63) is 57.6 Å². The van der Waals surface area contributed by atoms with Crippen LogP contribution in [-0.4, -0.2) is 35.5 Å². The number of carboxylic acids is 1. The van der Waals surface area contributed by atoms with Crippen LogP contribution in [0.4, 0.5) is 0 Å². The summed E-state index contributed by atoms with van der Waals surface area (Å²) in [6.07, 6.45) is 2.09. The largest absolute Gasteiger partial charge is 0.480 e. The van der Waals surface area contributed by atoms with E-state index in [1.54, 1.807) is 22.7 Å². The number of hydrogen-bond donors (Lipinski definition) is 1. The highest BCUT2D eigenvalue weighted by Crippen LogP contribution is 2.29. The van der Waals surface area contributed by atoms with Crippen LogP contribution in [0.25, 0.3) is 27.8 Å². The van der Waals surface area contributed by atoms with E-state index in [0.717, 1.165) is 21.4 Å². The average molecular weight is 384 g/mol. The van der Waals surface area contributed by atoms with Gasteiger partial charge in [-0.2, -0.15) is 5.10 Å². The summed E-state index contributed by atoms with van der Waals surface area (Å²) in [6.45, 7) is 1.54. The summed E-state index contributed by atoms with van der Waals surface area (Å²) in [5.74, 6) is -1.11. The van der Waals surface area contributed by atoms with Crippen LogP contribution in [0, 0.1) is 0 Å². The van der Waals surface area contributed by atoms with E-state index >= 15 is 0 Å². The van der Waals surface area contributed by atoms with E-state index < -0.39 is 18.1 Å². The Morgan fingerprint density at radius 1 is 1.19 bits per heavy atom. The predicted octanol–water partition coefficient (Wildman–Crippen LogP) is 2.41. The number of carbonyl (C=O) groups is 1. The fourth-order valence-electron chi connectivity index (χ4n) is 3.06. The molecule has 1 aromatic carbocycles. The zero-order chi connectivity index (χ0) is 19.1. The molecule has 3 heterocycles. The molecule has 4 aromatic rings. The molecule has 0 fully saturated rings. The molecule has 0 amide bonds. The lowest BCUT2D eigenvalue weighted by molar-refractivity contribution is -0.137. The van der Waals surface area contributed by atoms with Gasteiger partial charge >= 0.3 is 5.97 Å². The predicted molar refractivity (Wildman–Crippen MR) is 100 cm³/mol. The van der Waals surface area contributed by atoms with Gasteiger partial charge in [-0.25, -0.2) is 4.52 Å². The third kappa shape index (κ3) is 2.83. The molecule has 136 valence electrons. The SMILES string of the molecule is CCc1nn2c(nnc3c(=O)n(CC(=O)O)ccc32)c1-c1ccc(Cl)cc1. The summed E-state index contributed by atoms with van der Waals surface area (Å²) in [6, 6.07) is 8.97. The fraction of sp³-hybridized carbons (Fsp3) is 0.167. The van der Waals surface area contributed by atoms with Crippen LogP contribution in [0.5, 0.6) is 0 Å². The maximum absolute atomic E-state index is 12.5. The number of carboxylic acid groups (broad SMARTS) is 1. The van der Waals surface area contributed by atoms with Crippen LogP contribution in [0.15, 0.2) is 41.3 Å². The Hall–Kier alpha value is -3.26. The van der Waals surface area contributed by atoms with E-state index in [2.05, 4.69) is 15.3 Å². The molecule has 3 aromatic heterocycles. The molecule has 0 spiro atoms. The highest BCUT2D eigenvalue weighted by molar-refractivity contribution is 6.30. The van der Waals surface area contributed by atoms with Gasteiger partial charge in [0.25, 0.3) is 5.56 Å². The average Bonchev–Trinajstić information content (AvgIpc) is 3.03. The lowest BCUT2D eigenvalue weighted by atomic mass is 10.0. The number of halogens is 1. The fourth-order valence-corrected chi connectivity index (χ4v) is 3.18. The minimum absolute atomic E-state index is 0.0686. The molecule has 0 aliphatic rings. The summed E-state index contributed by atoms with van der Waals surface area (Å²) in [5.41, 5.74) is 3.09. The molecule has 4 rings (SSSR count). The maximum Gasteiger partial charge on any atom is 0.323 e. The first-order valence-electron chi connectivity index (χ1n) is 8.24. The molecule has 9 heteroatoms. The molecule has 1 N–H and O–H groups in total. The van der Waals surface area contributed by atoms with E-state index in [0.29, 0.717) is 22.6 Å². The molecule has 0 radical (unpaired) electrons. The van der Waals surface area contributed by atoms with Crippen molar-refractivity contribution in [3.8, 4) is 11.1 Å². The normalized spacial score (nSPS) is 11.3. The second-order valence-electron chi connectivity index (χ2n) is 5.99. The maximum atomic E-state index is 12.5. The minimum atomic E-state index is -1.11. The summed E-state index contributed by atoms with van der Waals surface area (Å²) in [5, 5.41) is 22.4. The molecule has 0 atom stereocenters. The second kappa shape index (κ2) is 6.48. The van der Waals surface area contributed by atoms with E-state index in [1.807, 2.05) is 19.1 Å². The molecular weight excluding hydrogens is 370 g/mol. The van der Waals surface area contributed by atoms with Crippen molar-refractivity contribution in [3.63, 3.8) is 0 Å². The molecule has 27 heavy (non-hydrogen) atoms. The topological polar surface area (TPSA) is 102 Å². The first kappa shape index (κ1) is 17.2. The third-order valence-electron chi connectivity index (χ3n) is 4.30. The Morgan fingerprint density at radius 2 is 1.93 bits per heavy atom. The van der Waals surface area contributed by atoms with Crippen LogP contribution < -0.4 is 5.56 Å². The van der Waals surface area contributed by atoms with Crippen molar-refractivity contribution in [1.82, 2.24) is 24.4 Å². The van der Waals surface area contributed by atoms with Gasteiger partial charge in [-0.3, -0.25) is 9.59 Å². The standard InChI is InChI=1S/C18H14ClN5O3/c1-2-12-15(10-3-5-11(19)6-4-10)17-21-20-16-13(24(17)22-12)7-8-23(18(16)27)9-14(25)26/h3-8H,2,9H2,1H3,(H,25,26). The Kier molecular flexibility index (Phi) is 4.12. The van der Waals surface area contributed by atoms with E-state index in [9.17, 15) is 9.59 Å². The van der Waals surface area contributed by atoms with E-state index in [1.165, 1.54) is 6.20 Å². The van der Waals surface area contributed by atoms with Crippen molar-refractivity contribution in [2.75, 3.05) is 0 Å². The number of aromatic nitrogens is 5. The van der Waals surface area contributed by atoms with Gasteiger partial charge in [0.1, 0.15) is 12.1 Å². The summed E-state index contributed by atoms with van der Waals surface area (Å²) in [4.78, 5) is 23.4. The van der Waals surface area contributed by atoms with Gasteiger partial charge in [-0.1, -0.05) is 30.7 Å². The number of aliphatic carboxylic acids is 1. The number of nitrogens with zero attached hydrogens (tertiary/aromatic N) is 5. The zero-order valence-corrected chi connectivity index (χ0v) is 15.0. The van der Waals surface area contributed by atoms with Crippen molar-refractivity contribution < 1.29 is 9.90 Å². The van der Waals surface area contributed by atoms with Gasteiger partial charge in [-0.15, -0.1) is 10.2 Å². The number of aryl methyl sites for hydroxylation is 1. The molecule has 8 nitrogen and oxygen atoms in total. The smallest absolute Gasteiger partial charge is 0.323 e. The van der Waals surface area contributed by atoms with Crippen LogP contribution in [0.1, 0.15) is 12.6 Å². The molecule has 0 bridgehead atoms. The number of fused-ring (bicyclic) bond motifs is 3. The summed E-state index contributed by atoms with van der Waals surface area (Å²) < 4.78 is 2.66. The van der Waals surface area contributed by atoms with Crippen LogP contribution in [-0.2, 0) is 17.8 Å². The number of rotatable bonds is 4. The van der Waals surface area contributed by atoms with Gasteiger partial charge in [0.2, 0.25) is 0 Å². The Morgan fingerprint density at radius 3 is 2.59 bits per heavy atom. The Bertz CT molecular complexity index is 1240. The molecule has 0 saturated carbocycles. The minimum Gasteiger partial charge on any atom is -0.480 e. The lowest BCUT2D eigenvalue weighted by Gasteiger charge is -2.05. The zero-order valence-electron chi connectivity index (χ0n) is 14.3. The monoisotopic (exact) mass is 383 g/mol. The molecule has 0 unspecified atom stereocenters. The quantitative estimate of drug-likeness (QED) is 0.580. The first-order valence-corrected chi connectivity index (χ1v) is 8.62. The first-order chi connectivity index (χ1) is 13.0. The third-order valence-corrected chi connectivity index (χ3v) is 4.55. The van der Waals surface area contributed by atoms with E-state index in [-0.39, 0.29) is 5.52 Å². The van der Waals surface area contributed by atoms with E-state index in [4.69, 9.17) is 16.7 Å². The highest BCUT2D eigenvalue weighted by Gasteiger charge is 2.19. The number of benzene rings is 1. The second-order valence-corrected chi connectivity index (χ2v) is 6.43. The summed E-state index contributed by atoms with van der Waals surface area (Å²) >= 11 is 5.98. The van der Waals surface area contributed by atoms with Crippen LogP contribution in [0.2, 0.25) is 5.02 Å². The Balaban J connectivity index is 2.01. The molecular formula is C18H14ClN5O3. The van der Waals surface area contributed by atoms with Crippen molar-refractivity contribution in [1.29, 1.82) is 0 Å². The van der Waals surface area contributed by atoms with Crippen LogP contribution >= 0.6 is 11.6 Å². The van der Waals surface area contributed by atoms with Gasteiger partial charge in [-0.05, 0) is 30.2 Å². The number of pyridine rings is 1. The summed E-state index contributed by atoms with van der Waals surface area (Å²) in [7, 11) is 0. The van der Waals surface area contributed by atoms with Crippen molar-refractivity contribution in [2.45, 2.75) is 19.9 Å². The number of hydrogen-bond acceptors (Lipinski definition) is 5. The van der Waals surface area contributed by atoms with Crippen LogP contribution in [0.3, 0.4) is 0 Å². The van der Waals surface area contributed by atoms with Gasteiger partial charge in [0, 0.05) is 11.2 Å². The molecule has 0 aliphatic heterocycles. The Labute approximate surface area is 157 Å². The van der Waals surface area contributed by atoms with Gasteiger partial charge in [0.15, 0.2) is 11.2 Å². The molecule has 0 aliphatic carbocycles. The lowest BCUT2D eigenvalue weighted by Crippen LogP contribution is -2.25. The molecule has 0 saturated heterocycles. The van der Waals surface area contributed by atoms with Gasteiger partial charge in [0.05, 0.1) is 11.3 Å². The van der Waals surface area contributed by atoms with Crippen molar-refractivity contribution >= 4 is 34.3 Å². The highest BCUT2D eigenvalue weighted by atomic mass is 35.5.